The highest BCUT2D eigenvalue weighted by molar-refractivity contribution is 7.15. The Kier molecular flexibility index (Phi) is 5.94. The van der Waals surface area contributed by atoms with Crippen LogP contribution in [0.5, 0.6) is 11.5 Å². The number of aromatic nitrogens is 3. The average molecular weight is 436 g/mol. The quantitative estimate of drug-likeness (QED) is 0.418. The lowest BCUT2D eigenvalue weighted by Crippen LogP contribution is -2.15. The number of para-hydroxylation sites is 1. The van der Waals surface area contributed by atoms with Crippen molar-refractivity contribution in [2.45, 2.75) is 12.8 Å². The number of nitrogens with zero attached hydrogens (tertiary/aromatic N) is 3. The number of methoxy groups -OCH3 is 2. The highest BCUT2D eigenvalue weighted by Gasteiger charge is 2.16. The normalized spacial score (nSPS) is 10.8. The van der Waals surface area contributed by atoms with Crippen LogP contribution in [0, 0.1) is 0 Å². The number of benzene rings is 2. The molecule has 0 saturated heterocycles. The van der Waals surface area contributed by atoms with Crippen LogP contribution < -0.4 is 14.8 Å². The Bertz CT molecular complexity index is 1250. The molecule has 0 saturated carbocycles. The summed E-state index contributed by atoms with van der Waals surface area (Å²) in [6.07, 6.45) is 0.0793. The lowest BCUT2D eigenvalue weighted by Gasteiger charge is -2.06. The molecule has 0 fully saturated rings. The van der Waals surface area contributed by atoms with Gasteiger partial charge < -0.3 is 9.47 Å². The number of rotatable bonds is 8. The summed E-state index contributed by atoms with van der Waals surface area (Å²) in [5.74, 6) is 0.945. The van der Waals surface area contributed by atoms with Crippen molar-refractivity contribution in [2.24, 2.45) is 0 Å². The van der Waals surface area contributed by atoms with Gasteiger partial charge in [-0.2, -0.15) is 4.98 Å². The zero-order chi connectivity index (χ0) is 21.8. The average Bonchev–Trinajstić information content (AvgIpc) is 3.37. The molecule has 1 amide bonds. The van der Waals surface area contributed by atoms with E-state index in [4.69, 9.17) is 9.47 Å². The molecule has 0 atom stereocenters. The van der Waals surface area contributed by atoms with E-state index in [-0.39, 0.29) is 30.5 Å². The summed E-state index contributed by atoms with van der Waals surface area (Å²) in [7, 11) is 3.12. The highest BCUT2D eigenvalue weighted by atomic mass is 32.1. The number of carbonyl (C=O) groups is 2. The van der Waals surface area contributed by atoms with Crippen molar-refractivity contribution in [1.82, 2.24) is 14.6 Å². The fourth-order valence-electron chi connectivity index (χ4n) is 3.14. The van der Waals surface area contributed by atoms with E-state index >= 15 is 0 Å². The van der Waals surface area contributed by atoms with E-state index in [1.807, 2.05) is 29.6 Å². The SMILES string of the molecule is COc1cccc(-c2csc3nc(NC(=O)CCC(=O)c4ccccc4OC)nn23)c1. The van der Waals surface area contributed by atoms with Crippen LogP contribution in [-0.4, -0.2) is 40.5 Å². The summed E-state index contributed by atoms with van der Waals surface area (Å²) < 4.78 is 12.2. The van der Waals surface area contributed by atoms with Gasteiger partial charge >= 0.3 is 0 Å². The van der Waals surface area contributed by atoms with Gasteiger partial charge in [-0.25, -0.2) is 4.52 Å². The smallest absolute Gasteiger partial charge is 0.250 e. The third-order valence-electron chi connectivity index (χ3n) is 4.68. The molecule has 0 unspecified atom stereocenters. The van der Waals surface area contributed by atoms with Gasteiger partial charge in [0, 0.05) is 23.8 Å². The molecule has 1 N–H and O–H groups in total. The molecule has 0 radical (unpaired) electrons. The first-order valence-corrected chi connectivity index (χ1v) is 10.4. The maximum absolute atomic E-state index is 12.4. The van der Waals surface area contributed by atoms with E-state index in [1.165, 1.54) is 18.4 Å². The number of ether oxygens (including phenoxy) is 2. The molecule has 4 rings (SSSR count). The highest BCUT2D eigenvalue weighted by Crippen LogP contribution is 2.28. The lowest BCUT2D eigenvalue weighted by molar-refractivity contribution is -0.116. The molecule has 0 aliphatic rings. The third-order valence-corrected chi connectivity index (χ3v) is 5.50. The molecule has 31 heavy (non-hydrogen) atoms. The van der Waals surface area contributed by atoms with Gasteiger partial charge in [0.1, 0.15) is 11.5 Å². The second-order valence-corrected chi connectivity index (χ2v) is 7.49. The van der Waals surface area contributed by atoms with Gasteiger partial charge in [-0.15, -0.1) is 16.4 Å². The minimum absolute atomic E-state index is 0.0203. The number of Topliss-reactive ketones (excluding diaryl/α,β-unsaturated/α-hetero) is 1. The van der Waals surface area contributed by atoms with Crippen LogP contribution in [-0.2, 0) is 4.79 Å². The van der Waals surface area contributed by atoms with E-state index in [9.17, 15) is 9.59 Å². The predicted octanol–water partition coefficient (Wildman–Crippen LogP) is 4.08. The molecule has 0 aliphatic heterocycles. The number of nitrogens with one attached hydrogen (secondary N) is 1. The molecular weight excluding hydrogens is 416 g/mol. The van der Waals surface area contributed by atoms with Crippen LogP contribution in [0.15, 0.2) is 53.9 Å². The van der Waals surface area contributed by atoms with Gasteiger partial charge in [0.05, 0.1) is 25.5 Å². The van der Waals surface area contributed by atoms with Crippen molar-refractivity contribution in [3.05, 3.63) is 59.5 Å². The summed E-state index contributed by atoms with van der Waals surface area (Å²) in [5.41, 5.74) is 2.23. The van der Waals surface area contributed by atoms with Crippen LogP contribution in [0.25, 0.3) is 16.2 Å². The van der Waals surface area contributed by atoms with Crippen LogP contribution in [0.2, 0.25) is 0 Å². The number of thiazole rings is 1. The van der Waals surface area contributed by atoms with Crippen LogP contribution >= 0.6 is 11.3 Å². The number of amides is 1. The Morgan fingerprint density at radius 1 is 1.06 bits per heavy atom. The van der Waals surface area contributed by atoms with Crippen molar-refractivity contribution in [3.63, 3.8) is 0 Å². The van der Waals surface area contributed by atoms with Crippen molar-refractivity contribution in [2.75, 3.05) is 19.5 Å². The number of hydrogen-bond donors (Lipinski definition) is 1. The molecule has 9 heteroatoms. The Morgan fingerprint density at radius 3 is 2.71 bits per heavy atom. The van der Waals surface area contributed by atoms with E-state index in [0.717, 1.165) is 17.0 Å². The summed E-state index contributed by atoms with van der Waals surface area (Å²) >= 11 is 1.42. The Balaban J connectivity index is 1.43. The topological polar surface area (TPSA) is 94.8 Å². The summed E-state index contributed by atoms with van der Waals surface area (Å²) in [4.78, 5) is 29.8. The number of fused-ring (bicyclic) bond motifs is 1. The Hall–Kier alpha value is -3.72. The van der Waals surface area contributed by atoms with Crippen molar-refractivity contribution in [3.8, 4) is 22.8 Å². The Labute approximate surface area is 182 Å². The van der Waals surface area contributed by atoms with Crippen LogP contribution in [0.1, 0.15) is 23.2 Å². The first kappa shape index (κ1) is 20.5. The van der Waals surface area contributed by atoms with Crippen molar-refractivity contribution >= 4 is 33.9 Å². The molecule has 2 heterocycles. The molecule has 0 aliphatic carbocycles. The van der Waals surface area contributed by atoms with Gasteiger partial charge in [0.2, 0.25) is 16.8 Å². The molecule has 8 nitrogen and oxygen atoms in total. The zero-order valence-corrected chi connectivity index (χ0v) is 17.8. The molecular formula is C22H20N4O4S. The van der Waals surface area contributed by atoms with Crippen LogP contribution in [0.3, 0.4) is 0 Å². The molecule has 2 aromatic carbocycles. The van der Waals surface area contributed by atoms with Gasteiger partial charge in [0.25, 0.3) is 0 Å². The maximum Gasteiger partial charge on any atom is 0.250 e. The van der Waals surface area contributed by atoms with Gasteiger partial charge in [-0.3, -0.25) is 14.9 Å². The summed E-state index contributed by atoms with van der Waals surface area (Å²) in [6.45, 7) is 0. The largest absolute Gasteiger partial charge is 0.497 e. The fraction of sp³-hybridized carbons (Fsp3) is 0.182. The van der Waals surface area contributed by atoms with E-state index in [0.29, 0.717) is 16.3 Å². The number of anilines is 1. The second kappa shape index (κ2) is 8.97. The monoisotopic (exact) mass is 436 g/mol. The minimum atomic E-state index is -0.329. The number of carbonyl (C=O) groups excluding carboxylic acids is 2. The second-order valence-electron chi connectivity index (χ2n) is 6.65. The third kappa shape index (κ3) is 4.41. The van der Waals surface area contributed by atoms with Crippen LogP contribution in [0.4, 0.5) is 5.95 Å². The van der Waals surface area contributed by atoms with E-state index in [2.05, 4.69) is 15.4 Å². The number of ketones is 1. The molecule has 0 spiro atoms. The molecule has 158 valence electrons. The molecule has 0 bridgehead atoms. The Morgan fingerprint density at radius 2 is 1.90 bits per heavy atom. The minimum Gasteiger partial charge on any atom is -0.497 e. The standard InChI is InChI=1S/C22H20N4O4S/c1-29-15-7-5-6-14(12-15)17-13-31-22-24-21(25-26(17)22)23-20(28)11-10-18(27)16-8-3-4-9-19(16)30-2/h3-9,12-13H,10-11H2,1-2H3,(H,23,25,28). The van der Waals surface area contributed by atoms with E-state index in [1.54, 1.807) is 35.9 Å². The zero-order valence-electron chi connectivity index (χ0n) is 17.0. The first-order chi connectivity index (χ1) is 15.1. The van der Waals surface area contributed by atoms with Gasteiger partial charge in [0.15, 0.2) is 5.78 Å². The lowest BCUT2D eigenvalue weighted by atomic mass is 10.1. The maximum atomic E-state index is 12.4. The predicted molar refractivity (Wildman–Crippen MR) is 118 cm³/mol. The fourth-order valence-corrected chi connectivity index (χ4v) is 3.97. The first-order valence-electron chi connectivity index (χ1n) is 9.54. The van der Waals surface area contributed by atoms with E-state index < -0.39 is 0 Å². The molecule has 2 aromatic heterocycles. The van der Waals surface area contributed by atoms with Crippen molar-refractivity contribution < 1.29 is 19.1 Å². The van der Waals surface area contributed by atoms with Gasteiger partial charge in [-0.1, -0.05) is 24.3 Å². The summed E-state index contributed by atoms with van der Waals surface area (Å²) in [6, 6.07) is 14.6. The summed E-state index contributed by atoms with van der Waals surface area (Å²) in [5, 5.41) is 9.01. The van der Waals surface area contributed by atoms with Gasteiger partial charge in [-0.05, 0) is 24.3 Å². The van der Waals surface area contributed by atoms with Crippen molar-refractivity contribution in [1.29, 1.82) is 0 Å². The number of hydrogen-bond acceptors (Lipinski definition) is 7. The molecule has 4 aromatic rings.